The number of ether oxygens (including phenoxy) is 1. The minimum atomic E-state index is 0.358. The Bertz CT molecular complexity index is 523. The summed E-state index contributed by atoms with van der Waals surface area (Å²) in [7, 11) is 0. The quantitative estimate of drug-likeness (QED) is 0.687. The molecule has 0 aliphatic carbocycles. The van der Waals surface area contributed by atoms with E-state index in [0.717, 1.165) is 43.8 Å². The third-order valence-electron chi connectivity index (χ3n) is 4.58. The van der Waals surface area contributed by atoms with Crippen LogP contribution < -0.4 is 5.32 Å². The van der Waals surface area contributed by atoms with Gasteiger partial charge in [-0.05, 0) is 37.5 Å². The molecule has 2 fully saturated rings. The first-order valence-corrected chi connectivity index (χ1v) is 8.44. The molecule has 1 N–H and O–H groups in total. The van der Waals surface area contributed by atoms with Crippen LogP contribution in [0, 0.1) is 5.41 Å². The summed E-state index contributed by atoms with van der Waals surface area (Å²) >= 11 is 5.93. The van der Waals surface area contributed by atoms with E-state index in [1.807, 2.05) is 24.3 Å². The lowest BCUT2D eigenvalue weighted by atomic mass is 9.87. The van der Waals surface area contributed by atoms with Gasteiger partial charge >= 0.3 is 0 Å². The molecular weight excluding hydrogens is 298 g/mol. The van der Waals surface area contributed by atoms with Crippen LogP contribution in [0.1, 0.15) is 25.3 Å². The van der Waals surface area contributed by atoms with E-state index < -0.39 is 0 Å². The number of guanidine groups is 1. The highest BCUT2D eigenvalue weighted by molar-refractivity contribution is 6.30. The average Bonchev–Trinajstić information content (AvgIpc) is 3.16. The fourth-order valence-corrected chi connectivity index (χ4v) is 3.40. The molecule has 120 valence electrons. The maximum atomic E-state index is 5.93. The maximum absolute atomic E-state index is 5.93. The van der Waals surface area contributed by atoms with Crippen molar-refractivity contribution in [2.24, 2.45) is 10.4 Å². The van der Waals surface area contributed by atoms with Crippen molar-refractivity contribution in [3.05, 3.63) is 34.9 Å². The minimum absolute atomic E-state index is 0.358. The van der Waals surface area contributed by atoms with Crippen LogP contribution in [0.4, 0.5) is 0 Å². The van der Waals surface area contributed by atoms with Crippen LogP contribution in [0.5, 0.6) is 0 Å². The van der Waals surface area contributed by atoms with Gasteiger partial charge in [-0.3, -0.25) is 0 Å². The van der Waals surface area contributed by atoms with E-state index >= 15 is 0 Å². The van der Waals surface area contributed by atoms with E-state index in [9.17, 15) is 0 Å². The summed E-state index contributed by atoms with van der Waals surface area (Å²) in [5, 5.41) is 4.19. The average molecular weight is 322 g/mol. The molecule has 3 rings (SSSR count). The zero-order valence-corrected chi connectivity index (χ0v) is 13.9. The molecule has 1 aromatic carbocycles. The predicted octanol–water partition coefficient (Wildman–Crippen LogP) is 2.92. The fraction of sp³-hybridized carbons (Fsp3) is 0.588. The number of benzene rings is 1. The molecule has 1 atom stereocenters. The zero-order chi connectivity index (χ0) is 15.4. The van der Waals surface area contributed by atoms with E-state index in [2.05, 4.69) is 17.1 Å². The highest BCUT2D eigenvalue weighted by Gasteiger charge is 2.42. The molecule has 5 heteroatoms. The summed E-state index contributed by atoms with van der Waals surface area (Å²) in [5.74, 6) is 1.02. The van der Waals surface area contributed by atoms with E-state index in [-0.39, 0.29) is 0 Å². The van der Waals surface area contributed by atoms with Gasteiger partial charge in [0.2, 0.25) is 0 Å². The number of hydrogen-bond donors (Lipinski definition) is 1. The van der Waals surface area contributed by atoms with E-state index in [1.54, 1.807) is 0 Å². The largest absolute Gasteiger partial charge is 0.381 e. The second kappa shape index (κ2) is 6.88. The summed E-state index contributed by atoms with van der Waals surface area (Å²) in [6.07, 6.45) is 2.39. The van der Waals surface area contributed by atoms with Crippen molar-refractivity contribution in [1.29, 1.82) is 0 Å². The molecule has 22 heavy (non-hydrogen) atoms. The molecular formula is C17H24ClN3O. The Morgan fingerprint density at radius 3 is 2.86 bits per heavy atom. The van der Waals surface area contributed by atoms with Gasteiger partial charge in [-0.25, -0.2) is 4.99 Å². The number of likely N-dealkylation sites (tertiary alicyclic amines) is 1. The van der Waals surface area contributed by atoms with Crippen molar-refractivity contribution in [3.63, 3.8) is 0 Å². The maximum Gasteiger partial charge on any atom is 0.194 e. The van der Waals surface area contributed by atoms with Gasteiger partial charge < -0.3 is 15.0 Å². The third-order valence-corrected chi connectivity index (χ3v) is 4.83. The lowest BCUT2D eigenvalue weighted by molar-refractivity contribution is 0.156. The van der Waals surface area contributed by atoms with Crippen LogP contribution in [0.25, 0.3) is 0 Å². The summed E-state index contributed by atoms with van der Waals surface area (Å²) < 4.78 is 5.61. The Kier molecular flexibility index (Phi) is 4.89. The summed E-state index contributed by atoms with van der Waals surface area (Å²) in [6.45, 7) is 7.61. The first kappa shape index (κ1) is 15.6. The molecule has 1 spiro atoms. The molecule has 2 saturated heterocycles. The molecule has 4 nitrogen and oxygen atoms in total. The van der Waals surface area contributed by atoms with E-state index in [0.29, 0.717) is 12.0 Å². The van der Waals surface area contributed by atoms with Gasteiger partial charge in [0.25, 0.3) is 0 Å². The van der Waals surface area contributed by atoms with Crippen molar-refractivity contribution in [1.82, 2.24) is 10.2 Å². The van der Waals surface area contributed by atoms with Crippen molar-refractivity contribution < 1.29 is 4.74 Å². The van der Waals surface area contributed by atoms with Gasteiger partial charge in [-0.2, -0.15) is 0 Å². The summed E-state index contributed by atoms with van der Waals surface area (Å²) in [5.41, 5.74) is 1.54. The van der Waals surface area contributed by atoms with E-state index in [1.165, 1.54) is 18.4 Å². The Labute approximate surface area is 137 Å². The first-order chi connectivity index (χ1) is 10.7. The van der Waals surface area contributed by atoms with Crippen molar-refractivity contribution >= 4 is 17.6 Å². The number of hydrogen-bond acceptors (Lipinski definition) is 2. The van der Waals surface area contributed by atoms with Gasteiger partial charge in [0, 0.05) is 36.7 Å². The molecule has 0 bridgehead atoms. The summed E-state index contributed by atoms with van der Waals surface area (Å²) in [4.78, 5) is 7.18. The standard InChI is InChI=1S/C17H24ClN3O/c1-2-19-16(20-11-14-3-5-15(18)6-4-14)21-9-7-17(12-21)8-10-22-13-17/h3-6H,2,7-13H2,1H3,(H,19,20). The van der Waals surface area contributed by atoms with Gasteiger partial charge in [0.1, 0.15) is 0 Å². The van der Waals surface area contributed by atoms with Crippen LogP contribution >= 0.6 is 11.6 Å². The smallest absolute Gasteiger partial charge is 0.194 e. The monoisotopic (exact) mass is 321 g/mol. The van der Waals surface area contributed by atoms with Crippen molar-refractivity contribution in [2.45, 2.75) is 26.3 Å². The number of aliphatic imine (C=N–C) groups is 1. The first-order valence-electron chi connectivity index (χ1n) is 8.06. The lowest BCUT2D eigenvalue weighted by Crippen LogP contribution is -2.41. The van der Waals surface area contributed by atoms with Crippen LogP contribution in [-0.2, 0) is 11.3 Å². The number of nitrogens with one attached hydrogen (secondary N) is 1. The van der Waals surface area contributed by atoms with Crippen molar-refractivity contribution in [2.75, 3.05) is 32.8 Å². The Balaban J connectivity index is 1.67. The SMILES string of the molecule is CCNC(=NCc1ccc(Cl)cc1)N1CCC2(CCOC2)C1. The van der Waals surface area contributed by atoms with Crippen LogP contribution in [0.15, 0.2) is 29.3 Å². The molecule has 2 aliphatic rings. The molecule has 2 heterocycles. The molecule has 0 amide bonds. The molecule has 0 saturated carbocycles. The second-order valence-corrected chi connectivity index (χ2v) is 6.71. The molecule has 2 aliphatic heterocycles. The minimum Gasteiger partial charge on any atom is -0.381 e. The highest BCUT2D eigenvalue weighted by atomic mass is 35.5. The number of halogens is 1. The van der Waals surface area contributed by atoms with Gasteiger partial charge in [0.05, 0.1) is 13.2 Å². The predicted molar refractivity (Wildman–Crippen MR) is 90.3 cm³/mol. The Morgan fingerprint density at radius 2 is 2.18 bits per heavy atom. The summed E-state index contributed by atoms with van der Waals surface area (Å²) in [6, 6.07) is 7.90. The van der Waals surface area contributed by atoms with E-state index in [4.69, 9.17) is 21.3 Å². The molecule has 1 aromatic rings. The van der Waals surface area contributed by atoms with Crippen LogP contribution in [-0.4, -0.2) is 43.7 Å². The van der Waals surface area contributed by atoms with Crippen LogP contribution in [0.2, 0.25) is 5.02 Å². The van der Waals surface area contributed by atoms with Gasteiger partial charge in [-0.15, -0.1) is 0 Å². The molecule has 0 radical (unpaired) electrons. The lowest BCUT2D eigenvalue weighted by Gasteiger charge is -2.25. The zero-order valence-electron chi connectivity index (χ0n) is 13.1. The Morgan fingerprint density at radius 1 is 1.36 bits per heavy atom. The third kappa shape index (κ3) is 3.55. The fourth-order valence-electron chi connectivity index (χ4n) is 3.27. The normalized spacial score (nSPS) is 25.2. The van der Waals surface area contributed by atoms with Gasteiger partial charge in [-0.1, -0.05) is 23.7 Å². The highest BCUT2D eigenvalue weighted by Crippen LogP contribution is 2.38. The van der Waals surface area contributed by atoms with Crippen molar-refractivity contribution in [3.8, 4) is 0 Å². The topological polar surface area (TPSA) is 36.9 Å². The number of nitrogens with zero attached hydrogens (tertiary/aromatic N) is 2. The number of rotatable bonds is 3. The molecule has 1 unspecified atom stereocenters. The van der Waals surface area contributed by atoms with Gasteiger partial charge in [0.15, 0.2) is 5.96 Å². The molecule has 0 aromatic heterocycles. The van der Waals surface area contributed by atoms with Crippen LogP contribution in [0.3, 0.4) is 0 Å². The second-order valence-electron chi connectivity index (χ2n) is 6.27. The Hall–Kier alpha value is -1.26.